The molecule has 1 unspecified atom stereocenters. The van der Waals surface area contributed by atoms with E-state index in [4.69, 9.17) is 14.2 Å². The van der Waals surface area contributed by atoms with Crippen LogP contribution in [0.25, 0.3) is 5.57 Å². The van der Waals surface area contributed by atoms with Crippen LogP contribution in [-0.2, 0) is 15.6 Å². The number of benzene rings is 4. The van der Waals surface area contributed by atoms with Gasteiger partial charge in [-0.25, -0.2) is 8.42 Å². The summed E-state index contributed by atoms with van der Waals surface area (Å²) in [7, 11) is 0.668. The van der Waals surface area contributed by atoms with Crippen LogP contribution in [0.3, 0.4) is 0 Å². The van der Waals surface area contributed by atoms with E-state index in [1.165, 1.54) is 4.31 Å². The zero-order chi connectivity index (χ0) is 27.8. The Bertz CT molecular complexity index is 1630. The Kier molecular flexibility index (Phi) is 6.87. The first-order valence-electron chi connectivity index (χ1n) is 12.5. The quantitative estimate of drug-likeness (QED) is 0.265. The maximum Gasteiger partial charge on any atom is 0.265 e. The summed E-state index contributed by atoms with van der Waals surface area (Å²) in [5.74, 6) is 1.63. The Hall–Kier alpha value is -4.23. The molecule has 0 radical (unpaired) electrons. The highest BCUT2D eigenvalue weighted by Gasteiger charge is 2.46. The molecule has 0 N–H and O–H groups in total. The molecule has 0 spiro atoms. The van der Waals surface area contributed by atoms with E-state index in [9.17, 15) is 8.42 Å². The second-order valence-electron chi connectivity index (χ2n) is 9.61. The van der Waals surface area contributed by atoms with E-state index < -0.39 is 15.6 Å². The molecule has 1 aliphatic heterocycles. The SMILES string of the molecule is COc1ccc(C2(C)C=C(c3ccccc3)c3cc(OC)c(OC)cc3N2S(=O)(=O)c2ccc(C)cc2)cc1. The third kappa shape index (κ3) is 4.53. The molecule has 0 amide bonds. The summed E-state index contributed by atoms with van der Waals surface area (Å²) in [4.78, 5) is 0.199. The van der Waals surface area contributed by atoms with Crippen molar-refractivity contribution in [2.45, 2.75) is 24.3 Å². The first-order chi connectivity index (χ1) is 18.7. The molecule has 200 valence electrons. The normalized spacial score (nSPS) is 16.7. The van der Waals surface area contributed by atoms with Crippen molar-refractivity contribution < 1.29 is 22.6 Å². The first-order valence-corrected chi connectivity index (χ1v) is 14.0. The van der Waals surface area contributed by atoms with Crippen LogP contribution in [0.1, 0.15) is 29.2 Å². The van der Waals surface area contributed by atoms with Gasteiger partial charge in [-0.2, -0.15) is 0 Å². The molecule has 7 heteroatoms. The zero-order valence-electron chi connectivity index (χ0n) is 22.6. The maximum atomic E-state index is 14.6. The van der Waals surface area contributed by atoms with Crippen molar-refractivity contribution in [1.82, 2.24) is 0 Å². The largest absolute Gasteiger partial charge is 0.497 e. The topological polar surface area (TPSA) is 65.1 Å². The number of sulfonamides is 1. The van der Waals surface area contributed by atoms with E-state index in [0.717, 1.165) is 27.8 Å². The summed E-state index contributed by atoms with van der Waals surface area (Å²) in [5, 5.41) is 0. The Balaban J connectivity index is 1.88. The van der Waals surface area contributed by atoms with E-state index >= 15 is 0 Å². The molecule has 4 aromatic rings. The molecule has 0 bridgehead atoms. The Morgan fingerprint density at radius 2 is 1.36 bits per heavy atom. The number of hydrogen-bond acceptors (Lipinski definition) is 5. The van der Waals surface area contributed by atoms with Gasteiger partial charge in [0.05, 0.1) is 37.5 Å². The minimum Gasteiger partial charge on any atom is -0.497 e. The Labute approximate surface area is 230 Å². The fourth-order valence-corrected chi connectivity index (χ4v) is 6.86. The second kappa shape index (κ2) is 10.2. The molecule has 39 heavy (non-hydrogen) atoms. The van der Waals surface area contributed by atoms with Crippen molar-refractivity contribution in [2.75, 3.05) is 25.6 Å². The molecule has 0 aromatic heterocycles. The predicted molar refractivity (Wildman–Crippen MR) is 154 cm³/mol. The minimum atomic E-state index is -4.05. The average molecular weight is 542 g/mol. The van der Waals surface area contributed by atoms with Gasteiger partial charge in [-0.3, -0.25) is 4.31 Å². The summed E-state index contributed by atoms with van der Waals surface area (Å²) in [6, 6.07) is 27.9. The number of hydrogen-bond donors (Lipinski definition) is 0. The lowest BCUT2D eigenvalue weighted by molar-refractivity contribution is 0.354. The van der Waals surface area contributed by atoms with Crippen molar-refractivity contribution >= 4 is 21.3 Å². The van der Waals surface area contributed by atoms with Crippen molar-refractivity contribution in [3.05, 3.63) is 119 Å². The van der Waals surface area contributed by atoms with Crippen LogP contribution in [0, 0.1) is 6.92 Å². The number of aryl methyl sites for hydroxylation is 1. The number of anilines is 1. The Morgan fingerprint density at radius 1 is 0.744 bits per heavy atom. The molecule has 0 aliphatic carbocycles. The van der Waals surface area contributed by atoms with Crippen molar-refractivity contribution in [3.63, 3.8) is 0 Å². The number of nitrogens with zero attached hydrogens (tertiary/aromatic N) is 1. The highest BCUT2D eigenvalue weighted by molar-refractivity contribution is 7.93. The van der Waals surface area contributed by atoms with Crippen molar-refractivity contribution in [1.29, 1.82) is 0 Å². The fourth-order valence-electron chi connectivity index (χ4n) is 5.10. The molecule has 6 nitrogen and oxygen atoms in total. The summed E-state index contributed by atoms with van der Waals surface area (Å²) in [5.41, 5.74) is 3.72. The van der Waals surface area contributed by atoms with Gasteiger partial charge in [0.15, 0.2) is 11.5 Å². The minimum absolute atomic E-state index is 0.199. The van der Waals surface area contributed by atoms with E-state index in [2.05, 4.69) is 0 Å². The van der Waals surface area contributed by atoms with Crippen LogP contribution < -0.4 is 18.5 Å². The monoisotopic (exact) mass is 541 g/mol. The molecule has 5 rings (SSSR count). The number of ether oxygens (including phenoxy) is 3. The predicted octanol–water partition coefficient (Wildman–Crippen LogP) is 6.58. The van der Waals surface area contributed by atoms with Crippen LogP contribution >= 0.6 is 0 Å². The number of rotatable bonds is 7. The summed E-state index contributed by atoms with van der Waals surface area (Å²) in [6.45, 7) is 3.85. The van der Waals surface area contributed by atoms with E-state index in [1.54, 1.807) is 39.5 Å². The molecular weight excluding hydrogens is 510 g/mol. The molecule has 1 aliphatic rings. The molecular formula is C32H31NO5S. The maximum absolute atomic E-state index is 14.6. The average Bonchev–Trinajstić information content (AvgIpc) is 2.96. The second-order valence-corrected chi connectivity index (χ2v) is 11.4. The van der Waals surface area contributed by atoms with Crippen LogP contribution in [0.5, 0.6) is 17.2 Å². The lowest BCUT2D eigenvalue weighted by Gasteiger charge is -2.45. The van der Waals surface area contributed by atoms with Gasteiger partial charge in [0.2, 0.25) is 0 Å². The van der Waals surface area contributed by atoms with Crippen LogP contribution in [0.15, 0.2) is 102 Å². The number of fused-ring (bicyclic) bond motifs is 1. The molecule has 0 fully saturated rings. The Morgan fingerprint density at radius 3 is 1.95 bits per heavy atom. The van der Waals surface area contributed by atoms with Gasteiger partial charge in [-0.15, -0.1) is 0 Å². The molecule has 0 saturated heterocycles. The summed E-state index contributed by atoms with van der Waals surface area (Å²) < 4.78 is 47.3. The standard InChI is InChI=1S/C32H31NO5S/c1-22-11-17-26(18-12-22)39(34,35)33-29-20-31(38-5)30(37-4)19-27(29)28(23-9-7-6-8-10-23)21-32(33,2)24-13-15-25(36-3)16-14-24/h6-21H,1-5H3. The van der Waals surface area contributed by atoms with Gasteiger partial charge in [0.25, 0.3) is 10.0 Å². The highest BCUT2D eigenvalue weighted by Crippen LogP contribution is 2.51. The molecule has 0 saturated carbocycles. The van der Waals surface area contributed by atoms with Gasteiger partial charge in [-0.1, -0.05) is 60.2 Å². The summed E-state index contributed by atoms with van der Waals surface area (Å²) >= 11 is 0. The van der Waals surface area contributed by atoms with Crippen molar-refractivity contribution in [3.8, 4) is 17.2 Å². The first kappa shape index (κ1) is 26.4. The molecule has 4 aromatic carbocycles. The third-order valence-electron chi connectivity index (χ3n) is 7.18. The third-order valence-corrected chi connectivity index (χ3v) is 9.10. The highest BCUT2D eigenvalue weighted by atomic mass is 32.2. The van der Waals surface area contributed by atoms with E-state index in [0.29, 0.717) is 22.9 Å². The smallest absolute Gasteiger partial charge is 0.265 e. The zero-order valence-corrected chi connectivity index (χ0v) is 23.5. The lowest BCUT2D eigenvalue weighted by Crippen LogP contribution is -2.49. The van der Waals surface area contributed by atoms with Gasteiger partial charge in [0, 0.05) is 11.6 Å². The van der Waals surface area contributed by atoms with E-state index in [-0.39, 0.29) is 4.90 Å². The van der Waals surface area contributed by atoms with Gasteiger partial charge in [0.1, 0.15) is 5.75 Å². The molecule has 1 atom stereocenters. The number of methoxy groups -OCH3 is 3. The fraction of sp³-hybridized carbons (Fsp3) is 0.188. The lowest BCUT2D eigenvalue weighted by atomic mass is 9.81. The van der Waals surface area contributed by atoms with E-state index in [1.807, 2.05) is 92.7 Å². The van der Waals surface area contributed by atoms with Crippen LogP contribution in [0.4, 0.5) is 5.69 Å². The van der Waals surface area contributed by atoms with Gasteiger partial charge in [-0.05, 0) is 67.0 Å². The van der Waals surface area contributed by atoms with Crippen LogP contribution in [0.2, 0.25) is 0 Å². The summed E-state index contributed by atoms with van der Waals surface area (Å²) in [6.07, 6.45) is 2.02. The van der Waals surface area contributed by atoms with Gasteiger partial charge < -0.3 is 14.2 Å². The van der Waals surface area contributed by atoms with Crippen molar-refractivity contribution in [2.24, 2.45) is 0 Å². The molecule has 1 heterocycles. The van der Waals surface area contributed by atoms with Gasteiger partial charge >= 0.3 is 0 Å². The van der Waals surface area contributed by atoms with Crippen LogP contribution in [-0.4, -0.2) is 29.7 Å².